The zero-order valence-electron chi connectivity index (χ0n) is 8.37. The van der Waals surface area contributed by atoms with E-state index in [1.807, 2.05) is 0 Å². The molecule has 0 amide bonds. The Balaban J connectivity index is 3.63. The van der Waals surface area contributed by atoms with Crippen molar-refractivity contribution in [1.82, 2.24) is 0 Å². The van der Waals surface area contributed by atoms with Gasteiger partial charge in [0.05, 0.1) is 16.8 Å². The lowest BCUT2D eigenvalue weighted by Crippen LogP contribution is -2.12. The summed E-state index contributed by atoms with van der Waals surface area (Å²) in [5, 5.41) is 17.7. The molecule has 0 radical (unpaired) electrons. The van der Waals surface area contributed by atoms with Crippen LogP contribution in [0.3, 0.4) is 0 Å². The lowest BCUT2D eigenvalue weighted by Gasteiger charge is -2.10. The molecular formula is C10H11NO4. The number of nitrogens with two attached hydrogens (primary N) is 1. The van der Waals surface area contributed by atoms with E-state index in [-0.39, 0.29) is 16.8 Å². The number of benzene rings is 1. The highest BCUT2D eigenvalue weighted by atomic mass is 16.4. The quantitative estimate of drug-likeness (QED) is 0.637. The molecule has 0 bridgehead atoms. The molecule has 0 aliphatic heterocycles. The summed E-state index contributed by atoms with van der Waals surface area (Å²) in [4.78, 5) is 21.7. The first-order valence-electron chi connectivity index (χ1n) is 4.22. The van der Waals surface area contributed by atoms with E-state index in [9.17, 15) is 9.59 Å². The smallest absolute Gasteiger partial charge is 0.338 e. The van der Waals surface area contributed by atoms with Crippen LogP contribution in [0, 0.1) is 13.8 Å². The lowest BCUT2D eigenvalue weighted by molar-refractivity contribution is 0.0695. The number of anilines is 1. The van der Waals surface area contributed by atoms with Gasteiger partial charge in [-0.25, -0.2) is 9.59 Å². The molecule has 15 heavy (non-hydrogen) atoms. The average molecular weight is 209 g/mol. The Bertz CT molecular complexity index is 451. The van der Waals surface area contributed by atoms with Crippen LogP contribution in [0.2, 0.25) is 0 Å². The molecule has 1 rings (SSSR count). The van der Waals surface area contributed by atoms with E-state index in [4.69, 9.17) is 15.9 Å². The number of aryl methyl sites for hydroxylation is 1. The second-order valence-corrected chi connectivity index (χ2v) is 3.27. The van der Waals surface area contributed by atoms with E-state index in [0.29, 0.717) is 11.1 Å². The van der Waals surface area contributed by atoms with Gasteiger partial charge in [-0.3, -0.25) is 0 Å². The summed E-state index contributed by atoms with van der Waals surface area (Å²) in [5.41, 5.74) is 6.08. The summed E-state index contributed by atoms with van der Waals surface area (Å²) in [6, 6.07) is 1.37. The van der Waals surface area contributed by atoms with Gasteiger partial charge in [0, 0.05) is 0 Å². The monoisotopic (exact) mass is 209 g/mol. The van der Waals surface area contributed by atoms with Gasteiger partial charge in [-0.1, -0.05) is 0 Å². The number of hydrogen-bond acceptors (Lipinski definition) is 3. The maximum Gasteiger partial charge on any atom is 0.338 e. The number of carbonyl (C=O) groups is 2. The highest BCUT2D eigenvalue weighted by molar-refractivity contribution is 6.03. The Kier molecular flexibility index (Phi) is 2.65. The van der Waals surface area contributed by atoms with Crippen LogP contribution in [0.5, 0.6) is 0 Å². The fraction of sp³-hybridized carbons (Fsp3) is 0.200. The summed E-state index contributed by atoms with van der Waals surface area (Å²) >= 11 is 0. The van der Waals surface area contributed by atoms with Gasteiger partial charge < -0.3 is 15.9 Å². The molecule has 0 saturated carbocycles. The van der Waals surface area contributed by atoms with E-state index in [1.54, 1.807) is 13.8 Å². The van der Waals surface area contributed by atoms with E-state index in [1.165, 1.54) is 6.07 Å². The number of hydrogen-bond donors (Lipinski definition) is 3. The fourth-order valence-corrected chi connectivity index (χ4v) is 1.39. The molecule has 5 nitrogen and oxygen atoms in total. The largest absolute Gasteiger partial charge is 0.478 e. The first kappa shape index (κ1) is 11.0. The Morgan fingerprint density at radius 2 is 1.73 bits per heavy atom. The molecule has 0 unspecified atom stereocenters. The zero-order valence-corrected chi connectivity index (χ0v) is 8.37. The van der Waals surface area contributed by atoms with Gasteiger partial charge in [0.1, 0.15) is 0 Å². The molecular weight excluding hydrogens is 198 g/mol. The van der Waals surface area contributed by atoms with Crippen LogP contribution in [0.15, 0.2) is 6.07 Å². The summed E-state index contributed by atoms with van der Waals surface area (Å²) in [6.07, 6.45) is 0. The van der Waals surface area contributed by atoms with Crippen molar-refractivity contribution < 1.29 is 19.8 Å². The molecule has 0 aromatic heterocycles. The second-order valence-electron chi connectivity index (χ2n) is 3.27. The summed E-state index contributed by atoms with van der Waals surface area (Å²) < 4.78 is 0. The molecule has 0 saturated heterocycles. The lowest BCUT2D eigenvalue weighted by atomic mass is 9.97. The number of carboxylic acids is 2. The molecule has 1 aromatic carbocycles. The predicted octanol–water partition coefficient (Wildman–Crippen LogP) is 1.28. The van der Waals surface area contributed by atoms with E-state index in [2.05, 4.69) is 0 Å². The summed E-state index contributed by atoms with van der Waals surface area (Å²) in [7, 11) is 0. The highest BCUT2D eigenvalue weighted by Crippen LogP contribution is 2.24. The van der Waals surface area contributed by atoms with Crippen LogP contribution >= 0.6 is 0 Å². The van der Waals surface area contributed by atoms with Gasteiger partial charge in [0.25, 0.3) is 0 Å². The van der Waals surface area contributed by atoms with Gasteiger partial charge in [-0.2, -0.15) is 0 Å². The Morgan fingerprint density at radius 3 is 2.13 bits per heavy atom. The van der Waals surface area contributed by atoms with Crippen LogP contribution < -0.4 is 5.73 Å². The standard InChI is InChI=1S/C10H11NO4/c1-4-3-6(9(12)13)8(11)7(5(4)2)10(14)15/h3H,11H2,1-2H3,(H,12,13)(H,14,15). The van der Waals surface area contributed by atoms with E-state index < -0.39 is 11.9 Å². The first-order chi connectivity index (χ1) is 6.86. The van der Waals surface area contributed by atoms with Gasteiger partial charge in [0.2, 0.25) is 0 Å². The topological polar surface area (TPSA) is 101 Å². The van der Waals surface area contributed by atoms with Crippen LogP contribution in [-0.2, 0) is 0 Å². The zero-order chi connectivity index (χ0) is 11.7. The predicted molar refractivity (Wildman–Crippen MR) is 54.2 cm³/mol. The maximum absolute atomic E-state index is 10.9. The third-order valence-electron chi connectivity index (χ3n) is 2.33. The van der Waals surface area contributed by atoms with Crippen molar-refractivity contribution in [2.24, 2.45) is 0 Å². The van der Waals surface area contributed by atoms with Gasteiger partial charge in [0.15, 0.2) is 0 Å². The van der Waals surface area contributed by atoms with Crippen molar-refractivity contribution in [3.8, 4) is 0 Å². The molecule has 0 spiro atoms. The van der Waals surface area contributed by atoms with Crippen molar-refractivity contribution in [2.45, 2.75) is 13.8 Å². The highest BCUT2D eigenvalue weighted by Gasteiger charge is 2.20. The summed E-state index contributed by atoms with van der Waals surface area (Å²) in [6.45, 7) is 3.24. The Labute approximate surface area is 86.1 Å². The Morgan fingerprint density at radius 1 is 1.20 bits per heavy atom. The molecule has 4 N–H and O–H groups in total. The molecule has 1 aromatic rings. The minimum Gasteiger partial charge on any atom is -0.478 e. The Hall–Kier alpha value is -2.04. The van der Waals surface area contributed by atoms with Crippen molar-refractivity contribution in [2.75, 3.05) is 5.73 Å². The maximum atomic E-state index is 10.9. The van der Waals surface area contributed by atoms with Gasteiger partial charge in [-0.15, -0.1) is 0 Å². The van der Waals surface area contributed by atoms with Gasteiger partial charge in [-0.05, 0) is 31.0 Å². The number of rotatable bonds is 2. The molecule has 0 aliphatic carbocycles. The van der Waals surface area contributed by atoms with Gasteiger partial charge >= 0.3 is 11.9 Å². The van der Waals surface area contributed by atoms with Crippen molar-refractivity contribution >= 4 is 17.6 Å². The normalized spacial score (nSPS) is 10.0. The minimum atomic E-state index is -1.22. The molecule has 5 heteroatoms. The first-order valence-corrected chi connectivity index (χ1v) is 4.22. The molecule has 80 valence electrons. The second kappa shape index (κ2) is 3.61. The van der Waals surface area contributed by atoms with Crippen molar-refractivity contribution in [3.63, 3.8) is 0 Å². The molecule has 0 heterocycles. The molecule has 0 fully saturated rings. The average Bonchev–Trinajstić information content (AvgIpc) is 2.10. The van der Waals surface area contributed by atoms with Crippen LogP contribution in [0.1, 0.15) is 31.8 Å². The van der Waals surface area contributed by atoms with E-state index >= 15 is 0 Å². The number of carboxylic acid groups (broad SMARTS) is 2. The van der Waals surface area contributed by atoms with Crippen LogP contribution in [-0.4, -0.2) is 22.2 Å². The SMILES string of the molecule is Cc1cc(C(=O)O)c(N)c(C(=O)O)c1C. The molecule has 0 aliphatic rings. The fourth-order valence-electron chi connectivity index (χ4n) is 1.39. The third-order valence-corrected chi connectivity index (χ3v) is 2.33. The van der Waals surface area contributed by atoms with Crippen LogP contribution in [0.4, 0.5) is 5.69 Å². The van der Waals surface area contributed by atoms with Crippen molar-refractivity contribution in [1.29, 1.82) is 0 Å². The van der Waals surface area contributed by atoms with Crippen LogP contribution in [0.25, 0.3) is 0 Å². The minimum absolute atomic E-state index is 0.132. The number of aromatic carboxylic acids is 2. The third kappa shape index (κ3) is 1.76. The molecule has 0 atom stereocenters. The van der Waals surface area contributed by atoms with E-state index in [0.717, 1.165) is 0 Å². The van der Waals surface area contributed by atoms with Crippen molar-refractivity contribution in [3.05, 3.63) is 28.3 Å². The number of nitrogen functional groups attached to an aromatic ring is 1. The summed E-state index contributed by atoms with van der Waals surface area (Å²) in [5.74, 6) is -2.44.